The second-order valence-corrected chi connectivity index (χ2v) is 8.45. The Morgan fingerprint density at radius 1 is 0.972 bits per heavy atom. The lowest BCUT2D eigenvalue weighted by atomic mass is 9.77. The molecule has 5 atom stereocenters. The number of aromatic hydroxyl groups is 4. The lowest BCUT2D eigenvalue weighted by Crippen LogP contribution is -2.56. The standard InChI is InChI=1S/C23H22O13/c1-5-9-6(3-7(25)10(5)23(33)34)14(26)11-12(15(9)27)16(28)13(18(30)17(11)29)22-20(32)19(31)21(35-2)8(4-24)36-22/h3,8,19-22,24-25,28-32H,4H2,1-2H3,(H,33,34)/t8-,19-,20-,21-,22?/m1/s1. The minimum absolute atomic E-state index is 0.289. The van der Waals surface area contributed by atoms with Gasteiger partial charge in [-0.3, -0.25) is 9.59 Å². The molecule has 1 heterocycles. The maximum absolute atomic E-state index is 13.5. The van der Waals surface area contributed by atoms with Crippen LogP contribution in [-0.2, 0) is 9.47 Å². The third kappa shape index (κ3) is 3.32. The Hall–Kier alpha value is -3.75. The Kier molecular flexibility index (Phi) is 6.14. The molecule has 36 heavy (non-hydrogen) atoms. The normalized spacial score (nSPS) is 25.4. The van der Waals surface area contributed by atoms with Gasteiger partial charge in [-0.1, -0.05) is 0 Å². The van der Waals surface area contributed by atoms with E-state index in [0.29, 0.717) is 0 Å². The first-order valence-corrected chi connectivity index (χ1v) is 10.5. The van der Waals surface area contributed by atoms with E-state index in [1.54, 1.807) is 0 Å². The first-order valence-electron chi connectivity index (χ1n) is 10.5. The van der Waals surface area contributed by atoms with Crippen LogP contribution in [0.2, 0.25) is 0 Å². The van der Waals surface area contributed by atoms with Crippen LogP contribution in [0.15, 0.2) is 6.07 Å². The summed E-state index contributed by atoms with van der Waals surface area (Å²) in [5.41, 5.74) is -4.29. The minimum Gasteiger partial charge on any atom is -0.507 e. The van der Waals surface area contributed by atoms with E-state index in [4.69, 9.17) is 9.47 Å². The molecule has 8 N–H and O–H groups in total. The number of methoxy groups -OCH3 is 1. The molecule has 13 heteroatoms. The van der Waals surface area contributed by atoms with E-state index in [2.05, 4.69) is 0 Å². The molecular weight excluding hydrogens is 484 g/mol. The predicted octanol–water partition coefficient (Wildman–Crippen LogP) is -0.540. The van der Waals surface area contributed by atoms with E-state index < -0.39 is 111 Å². The number of ketones is 2. The van der Waals surface area contributed by atoms with Crippen LogP contribution in [0.25, 0.3) is 0 Å². The van der Waals surface area contributed by atoms with Crippen LogP contribution >= 0.6 is 0 Å². The molecule has 1 unspecified atom stereocenters. The van der Waals surface area contributed by atoms with Crippen molar-refractivity contribution in [3.05, 3.63) is 45.0 Å². The Balaban J connectivity index is 1.97. The molecule has 192 valence electrons. The van der Waals surface area contributed by atoms with Crippen molar-refractivity contribution in [3.63, 3.8) is 0 Å². The quantitative estimate of drug-likeness (QED) is 0.164. The Morgan fingerprint density at radius 3 is 2.14 bits per heavy atom. The zero-order chi connectivity index (χ0) is 26.8. The number of carboxylic acid groups (broad SMARTS) is 1. The number of phenolic OH excluding ortho intramolecular Hbond substituents is 3. The summed E-state index contributed by atoms with van der Waals surface area (Å²) in [6, 6.07) is 0.734. The van der Waals surface area contributed by atoms with Crippen molar-refractivity contribution < 1.29 is 64.7 Å². The fraction of sp³-hybridized carbons (Fsp3) is 0.348. The summed E-state index contributed by atoms with van der Waals surface area (Å²) < 4.78 is 10.5. The zero-order valence-electron chi connectivity index (χ0n) is 18.8. The average Bonchev–Trinajstić information content (AvgIpc) is 2.81. The number of aromatic carboxylic acids is 1. The van der Waals surface area contributed by atoms with Crippen LogP contribution in [0.1, 0.15) is 59.4 Å². The SMILES string of the molecule is CO[C@H]1[C@H](O)[C@@H](O)C(c2c(O)c(O)c3c(c2O)C(=O)c2c(cc(O)c(C(=O)O)c2C)C3=O)O[C@@H]1CO. The van der Waals surface area contributed by atoms with Gasteiger partial charge in [-0.2, -0.15) is 0 Å². The molecule has 2 aromatic carbocycles. The monoisotopic (exact) mass is 506 g/mol. The molecule has 0 saturated carbocycles. The summed E-state index contributed by atoms with van der Waals surface area (Å²) in [7, 11) is 1.18. The lowest BCUT2D eigenvalue weighted by molar-refractivity contribution is -0.239. The molecule has 0 amide bonds. The summed E-state index contributed by atoms with van der Waals surface area (Å²) >= 11 is 0. The van der Waals surface area contributed by atoms with Crippen molar-refractivity contribution >= 4 is 17.5 Å². The van der Waals surface area contributed by atoms with Gasteiger partial charge in [0, 0.05) is 18.2 Å². The number of ether oxygens (including phenoxy) is 2. The highest BCUT2D eigenvalue weighted by Crippen LogP contribution is 2.52. The number of benzene rings is 2. The largest absolute Gasteiger partial charge is 0.507 e. The predicted molar refractivity (Wildman–Crippen MR) is 116 cm³/mol. The lowest BCUT2D eigenvalue weighted by Gasteiger charge is -2.42. The van der Waals surface area contributed by atoms with Crippen molar-refractivity contribution in [1.29, 1.82) is 0 Å². The number of phenols is 4. The number of carbonyl (C=O) groups excluding carboxylic acids is 2. The molecular formula is C23H22O13. The smallest absolute Gasteiger partial charge is 0.339 e. The van der Waals surface area contributed by atoms with Gasteiger partial charge in [0.15, 0.2) is 23.1 Å². The number of fused-ring (bicyclic) bond motifs is 2. The van der Waals surface area contributed by atoms with Gasteiger partial charge in [-0.25, -0.2) is 4.79 Å². The van der Waals surface area contributed by atoms with Crippen molar-refractivity contribution in [1.82, 2.24) is 0 Å². The molecule has 1 fully saturated rings. The summed E-state index contributed by atoms with van der Waals surface area (Å²) in [5, 5.41) is 82.6. The van der Waals surface area contributed by atoms with Crippen LogP contribution in [0.3, 0.4) is 0 Å². The van der Waals surface area contributed by atoms with Crippen LogP contribution in [0.4, 0.5) is 0 Å². The van der Waals surface area contributed by atoms with Crippen LogP contribution in [-0.4, -0.2) is 96.5 Å². The second kappa shape index (κ2) is 8.72. The van der Waals surface area contributed by atoms with Gasteiger partial charge in [-0.05, 0) is 18.6 Å². The molecule has 0 spiro atoms. The molecule has 0 radical (unpaired) electrons. The number of aliphatic hydroxyl groups is 3. The van der Waals surface area contributed by atoms with E-state index in [1.807, 2.05) is 0 Å². The number of carboxylic acids is 1. The number of hydrogen-bond acceptors (Lipinski definition) is 12. The average molecular weight is 506 g/mol. The van der Waals surface area contributed by atoms with Crippen molar-refractivity contribution in [2.75, 3.05) is 13.7 Å². The Labute approximate surface area is 202 Å². The van der Waals surface area contributed by atoms with E-state index >= 15 is 0 Å². The number of carbonyl (C=O) groups is 3. The second-order valence-electron chi connectivity index (χ2n) is 8.45. The highest BCUT2D eigenvalue weighted by Gasteiger charge is 2.49. The van der Waals surface area contributed by atoms with Crippen LogP contribution in [0.5, 0.6) is 23.0 Å². The maximum atomic E-state index is 13.5. The van der Waals surface area contributed by atoms with Crippen molar-refractivity contribution in [2.45, 2.75) is 37.4 Å². The van der Waals surface area contributed by atoms with Gasteiger partial charge in [-0.15, -0.1) is 0 Å². The van der Waals surface area contributed by atoms with Crippen molar-refractivity contribution in [3.8, 4) is 23.0 Å². The molecule has 2 aromatic rings. The summed E-state index contributed by atoms with van der Waals surface area (Å²) in [4.78, 5) is 38.2. The van der Waals surface area contributed by atoms with E-state index in [0.717, 1.165) is 13.0 Å². The summed E-state index contributed by atoms with van der Waals surface area (Å²) in [6.45, 7) is 0.445. The Morgan fingerprint density at radius 2 is 1.58 bits per heavy atom. The van der Waals surface area contributed by atoms with E-state index in [1.165, 1.54) is 7.11 Å². The highest BCUT2D eigenvalue weighted by molar-refractivity contribution is 6.31. The fourth-order valence-corrected chi connectivity index (χ4v) is 4.86. The van der Waals surface area contributed by atoms with Crippen LogP contribution in [0, 0.1) is 6.92 Å². The molecule has 1 aliphatic carbocycles. The number of aliphatic hydroxyl groups excluding tert-OH is 3. The topological polar surface area (TPSA) is 232 Å². The van der Waals surface area contributed by atoms with Gasteiger partial charge in [0.25, 0.3) is 0 Å². The number of rotatable bonds is 4. The van der Waals surface area contributed by atoms with Gasteiger partial charge in [0.1, 0.15) is 47.6 Å². The minimum atomic E-state index is -1.90. The fourth-order valence-electron chi connectivity index (χ4n) is 4.86. The van der Waals surface area contributed by atoms with E-state index in [-0.39, 0.29) is 5.56 Å². The molecule has 1 aliphatic heterocycles. The molecule has 4 rings (SSSR count). The summed E-state index contributed by atoms with van der Waals surface area (Å²) in [6.07, 6.45) is -7.89. The highest BCUT2D eigenvalue weighted by atomic mass is 16.6. The third-order valence-corrected chi connectivity index (χ3v) is 6.58. The van der Waals surface area contributed by atoms with Gasteiger partial charge < -0.3 is 50.3 Å². The molecule has 0 bridgehead atoms. The molecule has 2 aliphatic rings. The van der Waals surface area contributed by atoms with E-state index in [9.17, 15) is 55.2 Å². The molecule has 1 saturated heterocycles. The molecule has 13 nitrogen and oxygen atoms in total. The first-order chi connectivity index (χ1) is 16.9. The van der Waals surface area contributed by atoms with Gasteiger partial charge >= 0.3 is 5.97 Å². The van der Waals surface area contributed by atoms with Gasteiger partial charge in [0.2, 0.25) is 0 Å². The maximum Gasteiger partial charge on any atom is 0.339 e. The first kappa shape index (κ1) is 25.3. The number of hydrogen-bond donors (Lipinski definition) is 8. The molecule has 0 aromatic heterocycles. The zero-order valence-corrected chi connectivity index (χ0v) is 18.8. The van der Waals surface area contributed by atoms with Gasteiger partial charge in [0.05, 0.1) is 23.3 Å². The third-order valence-electron chi connectivity index (χ3n) is 6.58. The summed E-state index contributed by atoms with van der Waals surface area (Å²) in [5.74, 6) is -8.03. The Bertz CT molecular complexity index is 1310. The van der Waals surface area contributed by atoms with Crippen LogP contribution < -0.4 is 0 Å². The van der Waals surface area contributed by atoms with Crippen molar-refractivity contribution in [2.24, 2.45) is 0 Å².